The SMILES string of the molecule is CCO[SiH2]CCCSSSSc1nc2ccccc2s1. The third-order valence-corrected chi connectivity index (χ3v) is 11.6. The van der Waals surface area contributed by atoms with Crippen LogP contribution in [0.1, 0.15) is 13.3 Å². The maximum absolute atomic E-state index is 5.45. The summed E-state index contributed by atoms with van der Waals surface area (Å²) in [6.07, 6.45) is 1.29. The van der Waals surface area contributed by atoms with Gasteiger partial charge in [-0.25, -0.2) is 4.98 Å². The van der Waals surface area contributed by atoms with E-state index in [0.717, 1.165) is 16.5 Å². The standard InChI is InChI=1S/C12H17NOS5Si/c1-2-14-20-9-5-8-15-18-19-17-12-13-10-6-3-4-7-11(10)16-12/h3-4,6-7H,2,5,8-9,20H2,1H3. The minimum absolute atomic E-state index is 0.227. The van der Waals surface area contributed by atoms with Crippen LogP contribution < -0.4 is 0 Å². The minimum Gasteiger partial charge on any atom is -0.424 e. The summed E-state index contributed by atoms with van der Waals surface area (Å²) in [6, 6.07) is 9.62. The number of hydrogen-bond donors (Lipinski definition) is 0. The molecule has 0 radical (unpaired) electrons. The lowest BCUT2D eigenvalue weighted by molar-refractivity contribution is 0.359. The molecule has 0 spiro atoms. The van der Waals surface area contributed by atoms with Gasteiger partial charge in [0.25, 0.3) is 0 Å². The number of fused-ring (bicyclic) bond motifs is 1. The molecule has 0 aliphatic heterocycles. The zero-order valence-electron chi connectivity index (χ0n) is 11.2. The topological polar surface area (TPSA) is 22.1 Å². The van der Waals surface area contributed by atoms with Crippen LogP contribution in [0.3, 0.4) is 0 Å². The van der Waals surface area contributed by atoms with Crippen molar-refractivity contribution in [3.63, 3.8) is 0 Å². The molecule has 2 rings (SSSR count). The first-order valence-electron chi connectivity index (χ1n) is 6.46. The van der Waals surface area contributed by atoms with E-state index in [1.54, 1.807) is 22.1 Å². The number of aromatic nitrogens is 1. The van der Waals surface area contributed by atoms with Crippen LogP contribution in [0.15, 0.2) is 28.6 Å². The van der Waals surface area contributed by atoms with Crippen LogP contribution in [-0.4, -0.2) is 27.1 Å². The van der Waals surface area contributed by atoms with E-state index in [4.69, 9.17) is 4.43 Å². The average Bonchev–Trinajstić information content (AvgIpc) is 2.88. The van der Waals surface area contributed by atoms with Crippen molar-refractivity contribution in [2.45, 2.75) is 23.7 Å². The number of rotatable bonds is 10. The molecule has 1 heterocycles. The van der Waals surface area contributed by atoms with Gasteiger partial charge in [0, 0.05) is 12.4 Å². The number of benzene rings is 1. The lowest BCUT2D eigenvalue weighted by atomic mass is 10.3. The fourth-order valence-electron chi connectivity index (χ4n) is 1.49. The summed E-state index contributed by atoms with van der Waals surface area (Å²) in [6.45, 7) is 2.97. The Balaban J connectivity index is 1.55. The third kappa shape index (κ3) is 6.21. The van der Waals surface area contributed by atoms with Gasteiger partial charge in [0.2, 0.25) is 0 Å². The molecule has 0 N–H and O–H groups in total. The highest BCUT2D eigenvalue weighted by molar-refractivity contribution is 9.26. The van der Waals surface area contributed by atoms with Gasteiger partial charge in [-0.3, -0.25) is 0 Å². The van der Waals surface area contributed by atoms with Gasteiger partial charge in [-0.05, 0) is 62.0 Å². The molecule has 2 nitrogen and oxygen atoms in total. The molecule has 0 aliphatic carbocycles. The molecule has 2 aromatic rings. The summed E-state index contributed by atoms with van der Waals surface area (Å²) >= 11 is 1.77. The third-order valence-electron chi connectivity index (χ3n) is 2.43. The molecular weight excluding hydrogens is 363 g/mol. The molecular formula is C12H17NOS5Si. The average molecular weight is 380 g/mol. The van der Waals surface area contributed by atoms with Gasteiger partial charge in [0.1, 0.15) is 0 Å². The maximum Gasteiger partial charge on any atom is 0.162 e. The zero-order valence-corrected chi connectivity index (χ0v) is 16.7. The molecule has 0 atom stereocenters. The van der Waals surface area contributed by atoms with Crippen LogP contribution >= 0.6 is 52.6 Å². The van der Waals surface area contributed by atoms with Crippen molar-refractivity contribution in [3.05, 3.63) is 24.3 Å². The summed E-state index contributed by atoms with van der Waals surface area (Å²) in [7, 11) is 7.15. The Morgan fingerprint density at radius 1 is 1.30 bits per heavy atom. The van der Waals surface area contributed by atoms with Crippen molar-refractivity contribution in [2.24, 2.45) is 0 Å². The van der Waals surface area contributed by atoms with E-state index >= 15 is 0 Å². The normalized spacial score (nSPS) is 11.8. The van der Waals surface area contributed by atoms with Crippen LogP contribution in [0, 0.1) is 0 Å². The van der Waals surface area contributed by atoms with E-state index in [9.17, 15) is 0 Å². The molecule has 0 fully saturated rings. The highest BCUT2D eigenvalue weighted by Crippen LogP contribution is 2.48. The summed E-state index contributed by atoms with van der Waals surface area (Å²) in [5.41, 5.74) is 1.11. The Bertz CT molecular complexity index is 476. The van der Waals surface area contributed by atoms with Crippen molar-refractivity contribution >= 4 is 72.6 Å². The first kappa shape index (κ1) is 17.0. The van der Waals surface area contributed by atoms with Gasteiger partial charge in [0.05, 0.1) is 10.2 Å². The quantitative estimate of drug-likeness (QED) is 0.317. The van der Waals surface area contributed by atoms with Crippen molar-refractivity contribution in [1.29, 1.82) is 0 Å². The predicted molar refractivity (Wildman–Crippen MR) is 103 cm³/mol. The smallest absolute Gasteiger partial charge is 0.162 e. The second kappa shape index (κ2) is 10.4. The highest BCUT2D eigenvalue weighted by atomic mass is 33.7. The second-order valence-corrected chi connectivity index (χ2v) is 12.6. The fraction of sp³-hybridized carbons (Fsp3) is 0.417. The Hall–Kier alpha value is 0.687. The minimum atomic E-state index is -0.227. The summed E-state index contributed by atoms with van der Waals surface area (Å²) < 4.78 is 7.87. The lowest BCUT2D eigenvalue weighted by Gasteiger charge is -2.00. The Labute approximate surface area is 141 Å². The largest absolute Gasteiger partial charge is 0.424 e. The van der Waals surface area contributed by atoms with Crippen LogP contribution in [-0.2, 0) is 4.43 Å². The van der Waals surface area contributed by atoms with E-state index in [2.05, 4.69) is 30.1 Å². The van der Waals surface area contributed by atoms with Crippen molar-refractivity contribution < 1.29 is 4.43 Å². The molecule has 0 saturated heterocycles. The molecule has 0 unspecified atom stereocenters. The van der Waals surface area contributed by atoms with E-state index in [1.807, 2.05) is 36.5 Å². The van der Waals surface area contributed by atoms with Gasteiger partial charge in [0.15, 0.2) is 14.1 Å². The highest BCUT2D eigenvalue weighted by Gasteiger charge is 2.04. The first-order chi connectivity index (χ1) is 9.90. The van der Waals surface area contributed by atoms with Gasteiger partial charge >= 0.3 is 0 Å². The second-order valence-electron chi connectivity index (χ2n) is 3.89. The molecule has 8 heteroatoms. The first-order valence-corrected chi connectivity index (χ1v) is 13.8. The van der Waals surface area contributed by atoms with Crippen LogP contribution in [0.25, 0.3) is 10.2 Å². The monoisotopic (exact) mass is 379 g/mol. The number of para-hydroxylation sites is 1. The van der Waals surface area contributed by atoms with Crippen molar-refractivity contribution in [3.8, 4) is 0 Å². The Morgan fingerprint density at radius 3 is 3.05 bits per heavy atom. The van der Waals surface area contributed by atoms with Gasteiger partial charge in [-0.1, -0.05) is 22.9 Å². The van der Waals surface area contributed by atoms with Crippen LogP contribution in [0.2, 0.25) is 6.04 Å². The van der Waals surface area contributed by atoms with Gasteiger partial charge < -0.3 is 4.43 Å². The molecule has 0 bridgehead atoms. The van der Waals surface area contributed by atoms with E-state index in [0.29, 0.717) is 0 Å². The molecule has 0 saturated carbocycles. The van der Waals surface area contributed by atoms with E-state index in [1.165, 1.54) is 22.9 Å². The van der Waals surface area contributed by atoms with Crippen molar-refractivity contribution in [2.75, 3.05) is 12.4 Å². The zero-order chi connectivity index (χ0) is 14.0. The summed E-state index contributed by atoms with van der Waals surface area (Å²) in [4.78, 5) is 4.61. The molecule has 0 amide bonds. The molecule has 1 aromatic heterocycles. The number of nitrogens with zero attached hydrogens (tertiary/aromatic N) is 1. The summed E-state index contributed by atoms with van der Waals surface area (Å²) in [5, 5.41) is 0. The molecule has 1 aromatic carbocycles. The van der Waals surface area contributed by atoms with Gasteiger partial charge in [-0.2, -0.15) is 0 Å². The maximum atomic E-state index is 5.45. The lowest BCUT2D eigenvalue weighted by Crippen LogP contribution is -1.97. The Kier molecular flexibility index (Phi) is 8.88. The summed E-state index contributed by atoms with van der Waals surface area (Å²) in [5.74, 6) is 1.22. The van der Waals surface area contributed by atoms with Crippen molar-refractivity contribution in [1.82, 2.24) is 4.98 Å². The number of thiazole rings is 1. The van der Waals surface area contributed by atoms with Crippen LogP contribution in [0.5, 0.6) is 0 Å². The number of hydrogen-bond acceptors (Lipinski definition) is 7. The van der Waals surface area contributed by atoms with E-state index < -0.39 is 0 Å². The Morgan fingerprint density at radius 2 is 2.20 bits per heavy atom. The van der Waals surface area contributed by atoms with Gasteiger partial charge in [-0.15, -0.1) is 11.3 Å². The van der Waals surface area contributed by atoms with E-state index in [-0.39, 0.29) is 9.76 Å². The fourth-order valence-corrected chi connectivity index (χ4v) is 10.2. The molecule has 110 valence electrons. The molecule has 20 heavy (non-hydrogen) atoms. The predicted octanol–water partition coefficient (Wildman–Crippen LogP) is 5.26. The van der Waals surface area contributed by atoms with Crippen LogP contribution in [0.4, 0.5) is 0 Å². The molecule has 0 aliphatic rings.